The average Bonchev–Trinajstić information content (AvgIpc) is 2.98. The van der Waals surface area contributed by atoms with E-state index in [0.717, 1.165) is 22.4 Å². The van der Waals surface area contributed by atoms with Gasteiger partial charge in [-0.3, -0.25) is 4.90 Å². The number of hydrogen-bond donors (Lipinski definition) is 0. The highest BCUT2D eigenvalue weighted by Crippen LogP contribution is 2.28. The lowest BCUT2D eigenvalue weighted by atomic mass is 10.1. The topological polar surface area (TPSA) is 46.8 Å². The maximum Gasteiger partial charge on any atom is 0.451 e. The molecule has 1 aromatic carbocycles. The van der Waals surface area contributed by atoms with E-state index >= 15 is 0 Å². The molecule has 4 rings (SSSR count). The van der Waals surface area contributed by atoms with Crippen LogP contribution in [0.4, 0.5) is 13.2 Å². The van der Waals surface area contributed by atoms with Gasteiger partial charge in [0.25, 0.3) is 0 Å². The fraction of sp³-hybridized carbons (Fsp3) is 0.421. The highest BCUT2D eigenvalue weighted by atomic mass is 19.4. The Morgan fingerprint density at radius 2 is 1.93 bits per heavy atom. The Labute approximate surface area is 154 Å². The molecular weight excluding hydrogens is 355 g/mol. The molecule has 0 spiro atoms. The van der Waals surface area contributed by atoms with Gasteiger partial charge in [-0.15, -0.1) is 0 Å². The van der Waals surface area contributed by atoms with Gasteiger partial charge in [0, 0.05) is 37.3 Å². The molecule has 8 heteroatoms. The maximum atomic E-state index is 12.8. The molecule has 0 aliphatic carbocycles. The Morgan fingerprint density at radius 1 is 1.15 bits per heavy atom. The first kappa shape index (κ1) is 17.9. The van der Waals surface area contributed by atoms with Crippen LogP contribution in [-0.2, 0) is 25.7 Å². The molecule has 1 aliphatic heterocycles. The lowest BCUT2D eigenvalue weighted by Crippen LogP contribution is -2.32. The average molecular weight is 375 g/mol. The van der Waals surface area contributed by atoms with E-state index in [-0.39, 0.29) is 6.04 Å². The van der Waals surface area contributed by atoms with E-state index in [4.69, 9.17) is 4.98 Å². The van der Waals surface area contributed by atoms with Gasteiger partial charge in [0.1, 0.15) is 5.82 Å². The van der Waals surface area contributed by atoms with Crippen molar-refractivity contribution in [2.45, 2.75) is 45.6 Å². The molecule has 0 fully saturated rings. The van der Waals surface area contributed by atoms with E-state index in [1.54, 1.807) is 0 Å². The van der Waals surface area contributed by atoms with Gasteiger partial charge in [-0.2, -0.15) is 13.2 Å². The Bertz CT molecular complexity index is 977. The molecule has 2 aromatic heterocycles. The van der Waals surface area contributed by atoms with Crippen LogP contribution in [0.1, 0.15) is 42.8 Å². The van der Waals surface area contributed by atoms with Gasteiger partial charge in [0.2, 0.25) is 5.82 Å². The van der Waals surface area contributed by atoms with E-state index in [9.17, 15) is 13.2 Å². The first-order valence-electron chi connectivity index (χ1n) is 8.93. The van der Waals surface area contributed by atoms with Gasteiger partial charge in [-0.1, -0.05) is 12.1 Å². The number of fused-ring (bicyclic) bond motifs is 2. The molecule has 1 aliphatic rings. The summed E-state index contributed by atoms with van der Waals surface area (Å²) in [7, 11) is 0. The standard InChI is InChI=1S/C19H20F3N5/c1-12(2)27-16-6-4-3-5-15(16)24-17(27)11-26-8-7-14-13(10-26)9-23-18(25-14)19(20,21)22/h3-6,9,12H,7-8,10-11H2,1-2H3. The van der Waals surface area contributed by atoms with Crippen LogP contribution in [0.2, 0.25) is 0 Å². The fourth-order valence-electron chi connectivity index (χ4n) is 3.63. The predicted molar refractivity (Wildman–Crippen MR) is 95.0 cm³/mol. The van der Waals surface area contributed by atoms with Crippen molar-refractivity contribution >= 4 is 11.0 Å². The quantitative estimate of drug-likeness (QED) is 0.695. The Balaban J connectivity index is 1.59. The van der Waals surface area contributed by atoms with Crippen LogP contribution >= 0.6 is 0 Å². The molecule has 0 atom stereocenters. The number of alkyl halides is 3. The number of benzene rings is 1. The summed E-state index contributed by atoms with van der Waals surface area (Å²) in [5, 5.41) is 0. The smallest absolute Gasteiger partial charge is 0.324 e. The molecular formula is C19H20F3N5. The van der Waals surface area contributed by atoms with Crippen LogP contribution in [0.3, 0.4) is 0 Å². The van der Waals surface area contributed by atoms with Gasteiger partial charge in [0.15, 0.2) is 0 Å². The number of nitrogens with zero attached hydrogens (tertiary/aromatic N) is 5. The normalized spacial score (nSPS) is 15.5. The number of rotatable bonds is 3. The first-order chi connectivity index (χ1) is 12.8. The third-order valence-electron chi connectivity index (χ3n) is 4.82. The zero-order valence-corrected chi connectivity index (χ0v) is 15.2. The predicted octanol–water partition coefficient (Wildman–Crippen LogP) is 3.98. The number of hydrogen-bond acceptors (Lipinski definition) is 4. The minimum Gasteiger partial charge on any atom is -0.324 e. The second kappa shape index (κ2) is 6.60. The summed E-state index contributed by atoms with van der Waals surface area (Å²) in [6.07, 6.45) is -2.72. The summed E-state index contributed by atoms with van der Waals surface area (Å²) in [5.41, 5.74) is 3.29. The number of aromatic nitrogens is 4. The van der Waals surface area contributed by atoms with E-state index in [1.807, 2.05) is 18.2 Å². The number of halogens is 3. The fourth-order valence-corrected chi connectivity index (χ4v) is 3.63. The summed E-state index contributed by atoms with van der Waals surface area (Å²) < 4.78 is 40.6. The third-order valence-corrected chi connectivity index (χ3v) is 4.82. The van der Waals surface area contributed by atoms with E-state index in [1.165, 1.54) is 6.20 Å². The van der Waals surface area contributed by atoms with Gasteiger partial charge >= 0.3 is 6.18 Å². The second-order valence-electron chi connectivity index (χ2n) is 7.10. The Kier molecular flexibility index (Phi) is 4.38. The van der Waals surface area contributed by atoms with Gasteiger partial charge in [-0.25, -0.2) is 15.0 Å². The zero-order valence-electron chi connectivity index (χ0n) is 15.2. The molecule has 0 bridgehead atoms. The zero-order chi connectivity index (χ0) is 19.2. The molecule has 0 N–H and O–H groups in total. The van der Waals surface area contributed by atoms with Crippen molar-refractivity contribution in [1.29, 1.82) is 0 Å². The molecule has 142 valence electrons. The summed E-state index contributed by atoms with van der Waals surface area (Å²) in [4.78, 5) is 14.2. The third kappa shape index (κ3) is 3.41. The molecule has 0 unspecified atom stereocenters. The Morgan fingerprint density at radius 3 is 2.67 bits per heavy atom. The van der Waals surface area contributed by atoms with Crippen molar-refractivity contribution in [3.63, 3.8) is 0 Å². The Hall–Kier alpha value is -2.48. The van der Waals surface area contributed by atoms with Crippen LogP contribution in [0.25, 0.3) is 11.0 Å². The number of para-hydroxylation sites is 2. The van der Waals surface area contributed by atoms with Crippen molar-refractivity contribution in [1.82, 2.24) is 24.4 Å². The first-order valence-corrected chi connectivity index (χ1v) is 8.93. The molecule has 5 nitrogen and oxygen atoms in total. The largest absolute Gasteiger partial charge is 0.451 e. The van der Waals surface area contributed by atoms with Gasteiger partial charge < -0.3 is 4.57 Å². The maximum absolute atomic E-state index is 12.8. The molecule has 27 heavy (non-hydrogen) atoms. The van der Waals surface area contributed by atoms with Crippen molar-refractivity contribution in [2.24, 2.45) is 0 Å². The van der Waals surface area contributed by atoms with Crippen molar-refractivity contribution < 1.29 is 13.2 Å². The van der Waals surface area contributed by atoms with Gasteiger partial charge in [-0.05, 0) is 26.0 Å². The monoisotopic (exact) mass is 375 g/mol. The number of imidazole rings is 1. The minimum absolute atomic E-state index is 0.266. The van der Waals surface area contributed by atoms with E-state index < -0.39 is 12.0 Å². The summed E-state index contributed by atoms with van der Waals surface area (Å²) >= 11 is 0. The van der Waals surface area contributed by atoms with E-state index in [2.05, 4.69) is 39.3 Å². The summed E-state index contributed by atoms with van der Waals surface area (Å²) in [5.74, 6) is -0.0984. The summed E-state index contributed by atoms with van der Waals surface area (Å²) in [6.45, 7) is 6.04. The van der Waals surface area contributed by atoms with Crippen LogP contribution in [0.15, 0.2) is 30.5 Å². The SMILES string of the molecule is CC(C)n1c(CN2CCc3nc(C(F)(F)F)ncc3C2)nc2ccccc21. The van der Waals surface area contributed by atoms with Crippen LogP contribution in [-0.4, -0.2) is 31.0 Å². The summed E-state index contributed by atoms with van der Waals surface area (Å²) in [6, 6.07) is 8.29. The van der Waals surface area contributed by atoms with Crippen molar-refractivity contribution in [2.75, 3.05) is 6.54 Å². The minimum atomic E-state index is -4.51. The molecule has 0 saturated heterocycles. The highest BCUT2D eigenvalue weighted by molar-refractivity contribution is 5.76. The van der Waals surface area contributed by atoms with E-state index in [0.29, 0.717) is 31.7 Å². The lowest BCUT2D eigenvalue weighted by molar-refractivity contribution is -0.145. The van der Waals surface area contributed by atoms with Crippen LogP contribution in [0, 0.1) is 0 Å². The van der Waals surface area contributed by atoms with Crippen molar-refractivity contribution in [3.05, 3.63) is 53.4 Å². The molecule has 0 radical (unpaired) electrons. The lowest BCUT2D eigenvalue weighted by Gasteiger charge is -2.28. The molecule has 0 amide bonds. The van der Waals surface area contributed by atoms with Crippen LogP contribution < -0.4 is 0 Å². The molecule has 0 saturated carbocycles. The van der Waals surface area contributed by atoms with Gasteiger partial charge in [0.05, 0.1) is 23.3 Å². The van der Waals surface area contributed by atoms with Crippen molar-refractivity contribution in [3.8, 4) is 0 Å². The van der Waals surface area contributed by atoms with Crippen LogP contribution in [0.5, 0.6) is 0 Å². The second-order valence-corrected chi connectivity index (χ2v) is 7.10. The highest BCUT2D eigenvalue weighted by Gasteiger charge is 2.35. The molecule has 3 heterocycles. The molecule has 3 aromatic rings.